The first-order valence-corrected chi connectivity index (χ1v) is 9.81. The van der Waals surface area contributed by atoms with Crippen LogP contribution in [-0.4, -0.2) is 11.6 Å². The van der Waals surface area contributed by atoms with Crippen LogP contribution in [-0.2, 0) is 9.59 Å². The highest BCUT2D eigenvalue weighted by Crippen LogP contribution is 2.63. The van der Waals surface area contributed by atoms with Gasteiger partial charge in [-0.05, 0) is 74.0 Å². The summed E-state index contributed by atoms with van der Waals surface area (Å²) in [6.07, 6.45) is 11.5. The highest BCUT2D eigenvalue weighted by molar-refractivity contribution is 5.83. The van der Waals surface area contributed by atoms with Gasteiger partial charge in [0.15, 0.2) is 0 Å². The number of hydrogen-bond acceptors (Lipinski definition) is 2. The lowest BCUT2D eigenvalue weighted by Crippen LogP contribution is -2.58. The lowest BCUT2D eigenvalue weighted by molar-refractivity contribution is -0.164. The van der Waals surface area contributed by atoms with Crippen molar-refractivity contribution in [1.29, 1.82) is 0 Å². The predicted octanol–water partition coefficient (Wildman–Crippen LogP) is 4.02. The van der Waals surface area contributed by atoms with Crippen LogP contribution in [0.3, 0.4) is 0 Å². The summed E-state index contributed by atoms with van der Waals surface area (Å²) in [5.41, 5.74) is 0. The second-order valence-electron chi connectivity index (χ2n) is 8.89. The molecule has 2 nitrogen and oxygen atoms in total. The number of fused-ring (bicyclic) bond motifs is 2. The van der Waals surface area contributed by atoms with Gasteiger partial charge in [0.05, 0.1) is 0 Å². The van der Waals surface area contributed by atoms with E-state index in [4.69, 9.17) is 0 Å². The van der Waals surface area contributed by atoms with E-state index >= 15 is 0 Å². The standard InChI is InChI=1S/C20H28O2/c21-17-9-8-14-12-4-2-6-16-18(22)10-7-13(20(12)16)11-3-1-5-15(17)19(11)14/h11-16,19-20H,1-10H2. The van der Waals surface area contributed by atoms with Crippen molar-refractivity contribution < 1.29 is 9.59 Å². The van der Waals surface area contributed by atoms with Crippen LogP contribution < -0.4 is 0 Å². The molecule has 5 rings (SSSR count). The maximum Gasteiger partial charge on any atom is 0.136 e. The molecule has 5 saturated carbocycles. The number of ketones is 2. The topological polar surface area (TPSA) is 34.1 Å². The lowest BCUT2D eigenvalue weighted by Gasteiger charge is -2.62. The fourth-order valence-corrected chi connectivity index (χ4v) is 7.87. The fourth-order valence-electron chi connectivity index (χ4n) is 7.87. The van der Waals surface area contributed by atoms with E-state index < -0.39 is 0 Å². The fraction of sp³-hybridized carbons (Fsp3) is 0.900. The quantitative estimate of drug-likeness (QED) is 0.677. The van der Waals surface area contributed by atoms with Gasteiger partial charge in [-0.3, -0.25) is 9.59 Å². The van der Waals surface area contributed by atoms with Crippen molar-refractivity contribution >= 4 is 11.6 Å². The third-order valence-electron chi connectivity index (χ3n) is 8.39. The van der Waals surface area contributed by atoms with Crippen molar-refractivity contribution in [2.75, 3.05) is 0 Å². The minimum absolute atomic E-state index is 0.399. The molecule has 0 heterocycles. The van der Waals surface area contributed by atoms with E-state index in [2.05, 4.69) is 0 Å². The Morgan fingerprint density at radius 3 is 1.41 bits per heavy atom. The number of hydrogen-bond donors (Lipinski definition) is 0. The third-order valence-corrected chi connectivity index (χ3v) is 8.39. The van der Waals surface area contributed by atoms with Gasteiger partial charge in [0.1, 0.15) is 11.6 Å². The van der Waals surface area contributed by atoms with Gasteiger partial charge in [-0.15, -0.1) is 0 Å². The van der Waals surface area contributed by atoms with E-state index in [-0.39, 0.29) is 0 Å². The van der Waals surface area contributed by atoms with Crippen LogP contribution in [0.5, 0.6) is 0 Å². The summed E-state index contributed by atoms with van der Waals surface area (Å²) in [4.78, 5) is 25.0. The Morgan fingerprint density at radius 2 is 0.955 bits per heavy atom. The maximum absolute atomic E-state index is 12.5. The first kappa shape index (κ1) is 13.7. The molecule has 0 aromatic heterocycles. The Bertz CT molecular complexity index is 456. The molecule has 0 saturated heterocycles. The number of carbonyl (C=O) groups excluding carboxylic acids is 2. The van der Waals surface area contributed by atoms with Crippen LogP contribution in [0.25, 0.3) is 0 Å². The predicted molar refractivity (Wildman–Crippen MR) is 84.1 cm³/mol. The molecule has 0 amide bonds. The summed E-state index contributed by atoms with van der Waals surface area (Å²) < 4.78 is 0. The second-order valence-corrected chi connectivity index (χ2v) is 8.89. The van der Waals surface area contributed by atoms with Crippen molar-refractivity contribution in [3.8, 4) is 0 Å². The molecule has 5 aliphatic carbocycles. The molecule has 8 atom stereocenters. The van der Waals surface area contributed by atoms with E-state index in [0.717, 1.165) is 49.4 Å². The van der Waals surface area contributed by atoms with Crippen molar-refractivity contribution in [3.63, 3.8) is 0 Å². The zero-order chi connectivity index (χ0) is 14.8. The molecule has 2 heteroatoms. The van der Waals surface area contributed by atoms with Gasteiger partial charge < -0.3 is 0 Å². The third kappa shape index (κ3) is 1.73. The average Bonchev–Trinajstić information content (AvgIpc) is 2.55. The maximum atomic E-state index is 12.5. The summed E-state index contributed by atoms with van der Waals surface area (Å²) in [7, 11) is 0. The average molecular weight is 300 g/mol. The van der Waals surface area contributed by atoms with E-state index in [1.807, 2.05) is 0 Å². The Labute approximate surface area is 133 Å². The molecular weight excluding hydrogens is 272 g/mol. The van der Waals surface area contributed by atoms with Crippen LogP contribution in [0.1, 0.15) is 64.2 Å². The summed E-state index contributed by atoms with van der Waals surface area (Å²) in [5, 5.41) is 0. The molecule has 120 valence electrons. The number of rotatable bonds is 0. The van der Waals surface area contributed by atoms with Gasteiger partial charge in [-0.25, -0.2) is 0 Å². The zero-order valence-electron chi connectivity index (χ0n) is 13.5. The van der Waals surface area contributed by atoms with Crippen LogP contribution >= 0.6 is 0 Å². The van der Waals surface area contributed by atoms with Crippen LogP contribution in [0.2, 0.25) is 0 Å². The molecule has 8 unspecified atom stereocenters. The smallest absolute Gasteiger partial charge is 0.136 e. The Balaban J connectivity index is 1.57. The van der Waals surface area contributed by atoms with Crippen LogP contribution in [0.15, 0.2) is 0 Å². The summed E-state index contributed by atoms with van der Waals surface area (Å²) in [5.74, 6) is 6.50. The van der Waals surface area contributed by atoms with Gasteiger partial charge in [0, 0.05) is 24.7 Å². The van der Waals surface area contributed by atoms with E-state index in [1.165, 1.54) is 38.5 Å². The lowest BCUT2D eigenvalue weighted by atomic mass is 9.42. The Morgan fingerprint density at radius 1 is 0.545 bits per heavy atom. The molecule has 0 aromatic carbocycles. The normalized spacial score (nSPS) is 53.6. The van der Waals surface area contributed by atoms with Gasteiger partial charge in [0.2, 0.25) is 0 Å². The van der Waals surface area contributed by atoms with Crippen molar-refractivity contribution in [3.05, 3.63) is 0 Å². The minimum atomic E-state index is 0.399. The van der Waals surface area contributed by atoms with Gasteiger partial charge >= 0.3 is 0 Å². The largest absolute Gasteiger partial charge is 0.299 e. The summed E-state index contributed by atoms with van der Waals surface area (Å²) >= 11 is 0. The highest BCUT2D eigenvalue weighted by Gasteiger charge is 2.59. The summed E-state index contributed by atoms with van der Waals surface area (Å²) in [6.45, 7) is 0. The molecule has 22 heavy (non-hydrogen) atoms. The highest BCUT2D eigenvalue weighted by atomic mass is 16.1. The van der Waals surface area contributed by atoms with Gasteiger partial charge in [0.25, 0.3) is 0 Å². The monoisotopic (exact) mass is 300 g/mol. The van der Waals surface area contributed by atoms with Gasteiger partial charge in [-0.1, -0.05) is 12.8 Å². The van der Waals surface area contributed by atoms with Gasteiger partial charge in [-0.2, -0.15) is 0 Å². The van der Waals surface area contributed by atoms with Crippen molar-refractivity contribution in [2.45, 2.75) is 64.2 Å². The molecule has 0 aliphatic heterocycles. The zero-order valence-corrected chi connectivity index (χ0v) is 13.5. The molecule has 0 aromatic rings. The molecule has 0 spiro atoms. The molecule has 0 N–H and O–H groups in total. The van der Waals surface area contributed by atoms with Crippen LogP contribution in [0.4, 0.5) is 0 Å². The van der Waals surface area contributed by atoms with E-state index in [9.17, 15) is 9.59 Å². The second kappa shape index (κ2) is 4.92. The van der Waals surface area contributed by atoms with Crippen molar-refractivity contribution in [2.24, 2.45) is 47.3 Å². The SMILES string of the molecule is O=C1CCC2C3CCCC4C(=O)CCC(C5CCCC1C52)C43. The molecule has 0 radical (unpaired) electrons. The van der Waals surface area contributed by atoms with Crippen molar-refractivity contribution in [1.82, 2.24) is 0 Å². The number of carbonyl (C=O) groups is 2. The Kier molecular flexibility index (Phi) is 3.07. The van der Waals surface area contributed by atoms with E-state index in [1.54, 1.807) is 0 Å². The van der Waals surface area contributed by atoms with E-state index in [0.29, 0.717) is 35.2 Å². The molecular formula is C20H28O2. The van der Waals surface area contributed by atoms with Crippen LogP contribution in [0, 0.1) is 47.3 Å². The first-order valence-electron chi connectivity index (χ1n) is 9.81. The Hall–Kier alpha value is -0.660. The summed E-state index contributed by atoms with van der Waals surface area (Å²) in [6, 6.07) is 0. The molecule has 0 bridgehead atoms. The number of Topliss-reactive ketones (excluding diaryl/α,β-unsaturated/α-hetero) is 2. The first-order chi connectivity index (χ1) is 10.8. The molecule has 5 aliphatic rings. The minimum Gasteiger partial charge on any atom is -0.299 e. The molecule has 5 fully saturated rings.